The van der Waals surface area contributed by atoms with Crippen molar-refractivity contribution in [3.63, 3.8) is 0 Å². The fourth-order valence-corrected chi connectivity index (χ4v) is 2.73. The molecule has 0 amide bonds. The van der Waals surface area contributed by atoms with Crippen LogP contribution in [-0.2, 0) is 6.54 Å². The Hall–Kier alpha value is -1.63. The van der Waals surface area contributed by atoms with E-state index < -0.39 is 0 Å². The highest BCUT2D eigenvalue weighted by atomic mass is 32.1. The van der Waals surface area contributed by atoms with Crippen molar-refractivity contribution in [3.05, 3.63) is 57.3 Å². The third-order valence-corrected chi connectivity index (χ3v) is 3.96. The summed E-state index contributed by atoms with van der Waals surface area (Å²) in [5.41, 5.74) is 3.39. The molecule has 0 bridgehead atoms. The number of rotatable bonds is 4. The van der Waals surface area contributed by atoms with Crippen molar-refractivity contribution in [1.82, 2.24) is 5.32 Å². The molecule has 1 heterocycles. The number of nitrogens with zero attached hydrogens (tertiary/aromatic N) is 1. The van der Waals surface area contributed by atoms with Gasteiger partial charge in [-0.25, -0.2) is 0 Å². The molecular weight excluding hydrogens is 240 g/mol. The molecule has 3 heteroatoms. The van der Waals surface area contributed by atoms with Crippen molar-refractivity contribution in [2.45, 2.75) is 26.4 Å². The second-order valence-corrected chi connectivity index (χ2v) is 5.37. The first-order chi connectivity index (χ1) is 8.70. The zero-order valence-corrected chi connectivity index (χ0v) is 11.4. The van der Waals surface area contributed by atoms with Crippen LogP contribution in [0.15, 0.2) is 35.7 Å². The second-order valence-electron chi connectivity index (χ2n) is 4.37. The monoisotopic (exact) mass is 256 g/mol. The Kier molecular flexibility index (Phi) is 4.14. The molecular formula is C15H16N2S. The molecule has 18 heavy (non-hydrogen) atoms. The molecule has 92 valence electrons. The van der Waals surface area contributed by atoms with Gasteiger partial charge in [0.15, 0.2) is 0 Å². The van der Waals surface area contributed by atoms with Crippen LogP contribution in [0.4, 0.5) is 0 Å². The van der Waals surface area contributed by atoms with Crippen LogP contribution in [0.25, 0.3) is 0 Å². The predicted molar refractivity (Wildman–Crippen MR) is 75.5 cm³/mol. The molecule has 1 aromatic carbocycles. The highest BCUT2D eigenvalue weighted by Gasteiger charge is 2.07. The average molecular weight is 256 g/mol. The van der Waals surface area contributed by atoms with Gasteiger partial charge in [-0.05, 0) is 31.0 Å². The number of hydrogen-bond acceptors (Lipinski definition) is 3. The zero-order valence-electron chi connectivity index (χ0n) is 10.6. The van der Waals surface area contributed by atoms with Crippen LogP contribution in [0.5, 0.6) is 0 Å². The highest BCUT2D eigenvalue weighted by molar-refractivity contribution is 7.10. The van der Waals surface area contributed by atoms with Gasteiger partial charge in [-0.15, -0.1) is 11.3 Å². The standard InChI is InChI=1S/C15H16N2S/c1-11-5-3-4-6-15(11)12(2)17-9-14-7-13(8-16)10-18-14/h3-7,10,12,17H,9H2,1-2H3/t12-/m0/s1. The van der Waals surface area contributed by atoms with Gasteiger partial charge in [0.1, 0.15) is 6.07 Å². The van der Waals surface area contributed by atoms with Gasteiger partial charge in [0, 0.05) is 22.8 Å². The van der Waals surface area contributed by atoms with Crippen LogP contribution in [0.3, 0.4) is 0 Å². The van der Waals surface area contributed by atoms with Crippen LogP contribution in [-0.4, -0.2) is 0 Å². The quantitative estimate of drug-likeness (QED) is 0.903. The molecule has 1 aromatic heterocycles. The molecule has 1 atom stereocenters. The Morgan fingerprint density at radius 2 is 2.17 bits per heavy atom. The molecule has 2 nitrogen and oxygen atoms in total. The molecule has 0 saturated heterocycles. The first-order valence-electron chi connectivity index (χ1n) is 5.97. The number of thiophene rings is 1. The predicted octanol–water partition coefficient (Wildman–Crippen LogP) is 3.78. The molecule has 0 aliphatic rings. The highest BCUT2D eigenvalue weighted by Crippen LogP contribution is 2.19. The van der Waals surface area contributed by atoms with Crippen LogP contribution < -0.4 is 5.32 Å². The van der Waals surface area contributed by atoms with Gasteiger partial charge in [0.2, 0.25) is 0 Å². The van der Waals surface area contributed by atoms with Crippen molar-refractivity contribution >= 4 is 11.3 Å². The molecule has 0 fully saturated rings. The van der Waals surface area contributed by atoms with E-state index in [1.54, 1.807) is 11.3 Å². The summed E-state index contributed by atoms with van der Waals surface area (Å²) in [6, 6.07) is 12.8. The lowest BCUT2D eigenvalue weighted by Gasteiger charge is -2.15. The number of benzene rings is 1. The minimum Gasteiger partial charge on any atom is -0.305 e. The third kappa shape index (κ3) is 2.98. The summed E-state index contributed by atoms with van der Waals surface area (Å²) in [5.74, 6) is 0. The Balaban J connectivity index is 1.98. The fourth-order valence-electron chi connectivity index (χ4n) is 1.97. The molecule has 1 N–H and O–H groups in total. The topological polar surface area (TPSA) is 35.8 Å². The molecule has 2 rings (SSSR count). The van der Waals surface area contributed by atoms with E-state index in [9.17, 15) is 0 Å². The van der Waals surface area contributed by atoms with Gasteiger partial charge in [0.25, 0.3) is 0 Å². The maximum absolute atomic E-state index is 8.78. The van der Waals surface area contributed by atoms with Crippen molar-refractivity contribution in [1.29, 1.82) is 5.26 Å². The van der Waals surface area contributed by atoms with Gasteiger partial charge in [-0.1, -0.05) is 24.3 Å². The lowest BCUT2D eigenvalue weighted by atomic mass is 10.0. The van der Waals surface area contributed by atoms with Gasteiger partial charge in [0.05, 0.1) is 5.56 Å². The van der Waals surface area contributed by atoms with Crippen LogP contribution in [0.1, 0.15) is 34.5 Å². The van der Waals surface area contributed by atoms with Crippen molar-refractivity contribution < 1.29 is 0 Å². The van der Waals surface area contributed by atoms with E-state index in [0.29, 0.717) is 6.04 Å². The summed E-state index contributed by atoms with van der Waals surface area (Å²) in [5, 5.41) is 14.2. The normalized spacial score (nSPS) is 12.1. The molecule has 0 aliphatic heterocycles. The molecule has 2 aromatic rings. The van der Waals surface area contributed by atoms with E-state index in [0.717, 1.165) is 12.1 Å². The van der Waals surface area contributed by atoms with E-state index >= 15 is 0 Å². The summed E-state index contributed by atoms with van der Waals surface area (Å²) < 4.78 is 0. The maximum Gasteiger partial charge on any atom is 0.100 e. The van der Waals surface area contributed by atoms with Crippen LogP contribution in [0, 0.1) is 18.3 Å². The second kappa shape index (κ2) is 5.81. The average Bonchev–Trinajstić information content (AvgIpc) is 2.84. The summed E-state index contributed by atoms with van der Waals surface area (Å²) in [6.07, 6.45) is 0. The summed E-state index contributed by atoms with van der Waals surface area (Å²) in [6.45, 7) is 5.11. The molecule has 0 spiro atoms. The number of nitrogens with one attached hydrogen (secondary N) is 1. The summed E-state index contributed by atoms with van der Waals surface area (Å²) >= 11 is 1.63. The molecule has 0 unspecified atom stereocenters. The number of nitriles is 1. The molecule has 0 saturated carbocycles. The van der Waals surface area contributed by atoms with Gasteiger partial charge in [-0.3, -0.25) is 0 Å². The Morgan fingerprint density at radius 1 is 1.39 bits per heavy atom. The third-order valence-electron chi connectivity index (χ3n) is 3.02. The largest absolute Gasteiger partial charge is 0.305 e. The van der Waals surface area contributed by atoms with E-state index in [2.05, 4.69) is 49.5 Å². The minimum atomic E-state index is 0.318. The van der Waals surface area contributed by atoms with E-state index in [-0.39, 0.29) is 0 Å². The van der Waals surface area contributed by atoms with Gasteiger partial charge in [-0.2, -0.15) is 5.26 Å². The Morgan fingerprint density at radius 3 is 2.83 bits per heavy atom. The van der Waals surface area contributed by atoms with Gasteiger partial charge >= 0.3 is 0 Å². The maximum atomic E-state index is 8.78. The van der Waals surface area contributed by atoms with Crippen molar-refractivity contribution in [2.24, 2.45) is 0 Å². The summed E-state index contributed by atoms with van der Waals surface area (Å²) in [4.78, 5) is 1.20. The smallest absolute Gasteiger partial charge is 0.100 e. The molecule has 0 aliphatic carbocycles. The zero-order chi connectivity index (χ0) is 13.0. The SMILES string of the molecule is Cc1ccccc1[C@H](C)NCc1cc(C#N)cs1. The van der Waals surface area contributed by atoms with E-state index in [4.69, 9.17) is 5.26 Å². The first-order valence-corrected chi connectivity index (χ1v) is 6.85. The Bertz CT molecular complexity index is 566. The minimum absolute atomic E-state index is 0.318. The number of hydrogen-bond donors (Lipinski definition) is 1. The lowest BCUT2D eigenvalue weighted by molar-refractivity contribution is 0.576. The fraction of sp³-hybridized carbons (Fsp3) is 0.267. The van der Waals surface area contributed by atoms with Crippen LogP contribution >= 0.6 is 11.3 Å². The van der Waals surface area contributed by atoms with Crippen molar-refractivity contribution in [3.8, 4) is 6.07 Å². The van der Waals surface area contributed by atoms with E-state index in [1.807, 2.05) is 11.4 Å². The van der Waals surface area contributed by atoms with Crippen molar-refractivity contribution in [2.75, 3.05) is 0 Å². The number of aryl methyl sites for hydroxylation is 1. The summed E-state index contributed by atoms with van der Waals surface area (Å²) in [7, 11) is 0. The molecule has 0 radical (unpaired) electrons. The Labute approximate surface area is 112 Å². The van der Waals surface area contributed by atoms with E-state index in [1.165, 1.54) is 16.0 Å². The first kappa shape index (κ1) is 12.8. The van der Waals surface area contributed by atoms with Gasteiger partial charge < -0.3 is 5.32 Å². The van der Waals surface area contributed by atoms with Crippen LogP contribution in [0.2, 0.25) is 0 Å². The lowest BCUT2D eigenvalue weighted by Crippen LogP contribution is -2.18.